The van der Waals surface area contributed by atoms with Gasteiger partial charge in [0.2, 0.25) is 5.91 Å². The number of aromatic nitrogens is 1. The number of rotatable bonds is 6. The molecule has 2 heterocycles. The van der Waals surface area contributed by atoms with E-state index in [0.29, 0.717) is 12.3 Å². The Morgan fingerprint density at radius 2 is 1.83 bits per heavy atom. The summed E-state index contributed by atoms with van der Waals surface area (Å²) in [5.41, 5.74) is 3.21. The molecule has 1 fully saturated rings. The lowest BCUT2D eigenvalue weighted by Gasteiger charge is -2.31. The third-order valence-corrected chi connectivity index (χ3v) is 6.32. The fourth-order valence-corrected chi connectivity index (χ4v) is 4.39. The molecule has 4 nitrogen and oxygen atoms in total. The zero-order valence-corrected chi connectivity index (χ0v) is 17.5. The van der Waals surface area contributed by atoms with Crippen LogP contribution in [0.25, 0.3) is 10.6 Å². The predicted molar refractivity (Wildman–Crippen MR) is 117 cm³/mol. The van der Waals surface area contributed by atoms with E-state index in [9.17, 15) is 4.79 Å². The van der Waals surface area contributed by atoms with Crippen molar-refractivity contribution in [1.29, 1.82) is 0 Å². The molecule has 0 unspecified atom stereocenters. The minimum atomic E-state index is 0.174. The fourth-order valence-electron chi connectivity index (χ4n) is 3.56. The molecule has 29 heavy (non-hydrogen) atoms. The first-order valence-corrected chi connectivity index (χ1v) is 11.0. The van der Waals surface area contributed by atoms with Gasteiger partial charge in [-0.3, -0.25) is 4.79 Å². The molecule has 1 aliphatic heterocycles. The van der Waals surface area contributed by atoms with Crippen molar-refractivity contribution in [2.75, 3.05) is 19.7 Å². The predicted octanol–water partition coefficient (Wildman–Crippen LogP) is 4.98. The molecule has 0 saturated carbocycles. The number of likely N-dealkylation sites (tertiary alicyclic amines) is 1. The Kier molecular flexibility index (Phi) is 6.25. The second-order valence-electron chi connectivity index (χ2n) is 7.64. The summed E-state index contributed by atoms with van der Waals surface area (Å²) in [7, 11) is 0. The third kappa shape index (κ3) is 5.24. The molecule has 2 aromatic carbocycles. The van der Waals surface area contributed by atoms with Crippen molar-refractivity contribution < 1.29 is 9.53 Å². The number of ether oxygens (including phenoxy) is 1. The Morgan fingerprint density at radius 3 is 2.55 bits per heavy atom. The number of aryl methyl sites for hydroxylation is 1. The quantitative estimate of drug-likeness (QED) is 0.580. The lowest BCUT2D eigenvalue weighted by molar-refractivity contribution is -0.132. The van der Waals surface area contributed by atoms with Crippen molar-refractivity contribution in [1.82, 2.24) is 9.88 Å². The highest BCUT2D eigenvalue weighted by molar-refractivity contribution is 7.13. The van der Waals surface area contributed by atoms with Gasteiger partial charge < -0.3 is 9.64 Å². The Labute approximate surface area is 176 Å². The summed E-state index contributed by atoms with van der Waals surface area (Å²) in [6, 6.07) is 18.3. The second-order valence-corrected chi connectivity index (χ2v) is 8.49. The summed E-state index contributed by atoms with van der Waals surface area (Å²) in [4.78, 5) is 19.4. The van der Waals surface area contributed by atoms with E-state index in [2.05, 4.69) is 36.2 Å². The number of nitrogens with zero attached hydrogens (tertiary/aromatic N) is 2. The van der Waals surface area contributed by atoms with Gasteiger partial charge >= 0.3 is 0 Å². The minimum Gasteiger partial charge on any atom is -0.493 e. The van der Waals surface area contributed by atoms with Gasteiger partial charge in [-0.25, -0.2) is 4.98 Å². The van der Waals surface area contributed by atoms with Gasteiger partial charge in [-0.05, 0) is 37.8 Å². The highest BCUT2D eigenvalue weighted by Gasteiger charge is 2.24. The van der Waals surface area contributed by atoms with Crippen LogP contribution in [0.15, 0.2) is 60.0 Å². The number of hydrogen-bond donors (Lipinski definition) is 0. The second kappa shape index (κ2) is 9.23. The molecular weight excluding hydrogens is 380 g/mol. The standard InChI is InChI=1S/C24H26N2O2S/c1-18-7-9-20(10-8-18)24-25-21(17-29-24)15-23(27)26-13-11-19(12-14-26)16-28-22-5-3-2-4-6-22/h2-10,17,19H,11-16H2,1H3. The van der Waals surface area contributed by atoms with Gasteiger partial charge in [0.1, 0.15) is 10.8 Å². The summed E-state index contributed by atoms with van der Waals surface area (Å²) in [5, 5.41) is 2.98. The third-order valence-electron chi connectivity index (χ3n) is 5.38. The molecule has 0 N–H and O–H groups in total. The largest absolute Gasteiger partial charge is 0.493 e. The fraction of sp³-hybridized carbons (Fsp3) is 0.333. The molecule has 1 aliphatic rings. The van der Waals surface area contributed by atoms with Crippen molar-refractivity contribution in [2.24, 2.45) is 5.92 Å². The van der Waals surface area contributed by atoms with Crippen LogP contribution in [0.3, 0.4) is 0 Å². The maximum Gasteiger partial charge on any atom is 0.228 e. The molecule has 1 amide bonds. The molecule has 0 bridgehead atoms. The van der Waals surface area contributed by atoms with Crippen molar-refractivity contribution in [3.05, 3.63) is 71.2 Å². The highest BCUT2D eigenvalue weighted by Crippen LogP contribution is 2.25. The number of amides is 1. The van der Waals surface area contributed by atoms with Crippen molar-refractivity contribution in [3.63, 3.8) is 0 Å². The Morgan fingerprint density at radius 1 is 1.10 bits per heavy atom. The summed E-state index contributed by atoms with van der Waals surface area (Å²) < 4.78 is 5.88. The Bertz CT molecular complexity index is 929. The number of benzene rings is 2. The molecule has 4 rings (SSSR count). The first-order valence-electron chi connectivity index (χ1n) is 10.1. The highest BCUT2D eigenvalue weighted by atomic mass is 32.1. The van der Waals surface area contributed by atoms with E-state index >= 15 is 0 Å². The minimum absolute atomic E-state index is 0.174. The van der Waals surface area contributed by atoms with E-state index in [4.69, 9.17) is 4.74 Å². The smallest absolute Gasteiger partial charge is 0.228 e. The van der Waals surface area contributed by atoms with Crippen molar-refractivity contribution in [3.8, 4) is 16.3 Å². The van der Waals surface area contributed by atoms with Crippen LogP contribution >= 0.6 is 11.3 Å². The molecular formula is C24H26N2O2S. The Hall–Kier alpha value is -2.66. The summed E-state index contributed by atoms with van der Waals surface area (Å²) >= 11 is 1.60. The van der Waals surface area contributed by atoms with Crippen LogP contribution in [0.1, 0.15) is 24.1 Å². The monoisotopic (exact) mass is 406 g/mol. The van der Waals surface area contributed by atoms with E-state index in [-0.39, 0.29) is 5.91 Å². The molecule has 1 saturated heterocycles. The van der Waals surface area contributed by atoms with Crippen LogP contribution in [0.4, 0.5) is 0 Å². The summed E-state index contributed by atoms with van der Waals surface area (Å²) in [6.45, 7) is 4.40. The van der Waals surface area contributed by atoms with Crippen LogP contribution in [0.5, 0.6) is 5.75 Å². The van der Waals surface area contributed by atoms with Crippen LogP contribution in [0.2, 0.25) is 0 Å². The van der Waals surface area contributed by atoms with Gasteiger partial charge in [-0.1, -0.05) is 48.0 Å². The SMILES string of the molecule is Cc1ccc(-c2nc(CC(=O)N3CCC(COc4ccccc4)CC3)cs2)cc1. The van der Waals surface area contributed by atoms with E-state index in [1.807, 2.05) is 40.6 Å². The molecule has 5 heteroatoms. The van der Waals surface area contributed by atoms with Crippen LogP contribution in [-0.4, -0.2) is 35.5 Å². The number of carbonyl (C=O) groups is 1. The van der Waals surface area contributed by atoms with Gasteiger partial charge in [0.25, 0.3) is 0 Å². The molecule has 0 atom stereocenters. The molecule has 3 aromatic rings. The van der Waals surface area contributed by atoms with Crippen molar-refractivity contribution >= 4 is 17.2 Å². The van der Waals surface area contributed by atoms with Crippen LogP contribution in [-0.2, 0) is 11.2 Å². The van der Waals surface area contributed by atoms with E-state index in [1.165, 1.54) is 5.56 Å². The molecule has 150 valence electrons. The number of thiazole rings is 1. The molecule has 0 aliphatic carbocycles. The number of para-hydroxylation sites is 1. The van der Waals surface area contributed by atoms with E-state index in [0.717, 1.165) is 54.6 Å². The lowest BCUT2D eigenvalue weighted by atomic mass is 9.97. The number of carbonyl (C=O) groups excluding carboxylic acids is 1. The van der Waals surface area contributed by atoms with E-state index < -0.39 is 0 Å². The van der Waals surface area contributed by atoms with Gasteiger partial charge in [-0.15, -0.1) is 11.3 Å². The summed E-state index contributed by atoms with van der Waals surface area (Å²) in [6.07, 6.45) is 2.36. The topological polar surface area (TPSA) is 42.4 Å². The van der Waals surface area contributed by atoms with Gasteiger partial charge in [-0.2, -0.15) is 0 Å². The molecule has 0 radical (unpaired) electrons. The Balaban J connectivity index is 1.25. The average molecular weight is 407 g/mol. The normalized spacial score (nSPS) is 14.7. The first kappa shape index (κ1) is 19.6. The summed E-state index contributed by atoms with van der Waals surface area (Å²) in [5.74, 6) is 1.60. The van der Waals surface area contributed by atoms with Crippen LogP contribution < -0.4 is 4.74 Å². The lowest BCUT2D eigenvalue weighted by Crippen LogP contribution is -2.40. The van der Waals surface area contributed by atoms with Gasteiger partial charge in [0.15, 0.2) is 0 Å². The van der Waals surface area contributed by atoms with Crippen molar-refractivity contribution in [2.45, 2.75) is 26.2 Å². The number of piperidine rings is 1. The maximum atomic E-state index is 12.7. The van der Waals surface area contributed by atoms with E-state index in [1.54, 1.807) is 11.3 Å². The maximum absolute atomic E-state index is 12.7. The zero-order valence-electron chi connectivity index (χ0n) is 16.7. The van der Waals surface area contributed by atoms with Gasteiger partial charge in [0, 0.05) is 24.0 Å². The zero-order chi connectivity index (χ0) is 20.1. The van der Waals surface area contributed by atoms with Crippen LogP contribution in [0, 0.1) is 12.8 Å². The average Bonchev–Trinajstić information content (AvgIpc) is 3.22. The first-order chi connectivity index (χ1) is 14.2. The van der Waals surface area contributed by atoms with Gasteiger partial charge in [0.05, 0.1) is 18.7 Å². The number of hydrogen-bond acceptors (Lipinski definition) is 4. The molecule has 1 aromatic heterocycles. The molecule has 0 spiro atoms.